The second-order valence-corrected chi connectivity index (χ2v) is 4.35. The first kappa shape index (κ1) is 14.2. The summed E-state index contributed by atoms with van der Waals surface area (Å²) >= 11 is 0. The Labute approximate surface area is 111 Å². The van der Waals surface area contributed by atoms with Crippen molar-refractivity contribution in [3.63, 3.8) is 0 Å². The Morgan fingerprint density at radius 3 is 2.60 bits per heavy atom. The lowest BCUT2D eigenvalue weighted by atomic mass is 9.90. The first-order valence-electron chi connectivity index (χ1n) is 5.75. The largest absolute Gasteiger partial charge is 0.573 e. The van der Waals surface area contributed by atoms with E-state index >= 15 is 0 Å². The Hall–Kier alpha value is -2.25. The molecule has 1 aliphatic heterocycles. The van der Waals surface area contributed by atoms with Crippen molar-refractivity contribution in [1.29, 1.82) is 0 Å². The van der Waals surface area contributed by atoms with Gasteiger partial charge in [0.2, 0.25) is 11.8 Å². The number of amides is 2. The molecule has 20 heavy (non-hydrogen) atoms. The zero-order valence-electron chi connectivity index (χ0n) is 10.2. The van der Waals surface area contributed by atoms with Crippen molar-refractivity contribution < 1.29 is 27.5 Å². The molecule has 1 saturated heterocycles. The lowest BCUT2D eigenvalue weighted by Crippen LogP contribution is -2.39. The van der Waals surface area contributed by atoms with Gasteiger partial charge in [-0.15, -0.1) is 13.2 Å². The number of hydrogen-bond donors (Lipinski definition) is 2. The molecule has 2 rings (SSSR count). The molecule has 0 aromatic heterocycles. The zero-order chi connectivity index (χ0) is 14.9. The molecule has 2 amide bonds. The van der Waals surface area contributed by atoms with Gasteiger partial charge in [-0.25, -0.2) is 0 Å². The van der Waals surface area contributed by atoms with Gasteiger partial charge in [-0.1, -0.05) is 6.07 Å². The van der Waals surface area contributed by atoms with Gasteiger partial charge in [0.05, 0.1) is 11.6 Å². The molecule has 108 valence electrons. The molecule has 1 heterocycles. The predicted octanol–water partition coefficient (Wildman–Crippen LogP) is 1.69. The zero-order valence-corrected chi connectivity index (χ0v) is 10.2. The van der Waals surface area contributed by atoms with E-state index in [2.05, 4.69) is 10.1 Å². The fraction of sp³-hybridized carbons (Fsp3) is 0.333. The molecule has 0 bridgehead atoms. The Balaban J connectivity index is 2.27. The molecule has 0 spiro atoms. The number of rotatable bonds is 2. The van der Waals surface area contributed by atoms with Gasteiger partial charge in [0, 0.05) is 6.42 Å². The molecule has 5 nitrogen and oxygen atoms in total. The molecule has 0 aliphatic carbocycles. The summed E-state index contributed by atoms with van der Waals surface area (Å²) in [6, 6.07) is 3.75. The molecule has 1 atom stereocenters. The normalized spacial score (nSPS) is 19.6. The van der Waals surface area contributed by atoms with Gasteiger partial charge in [-0.05, 0) is 24.1 Å². The number of nitrogens with one attached hydrogen (secondary N) is 1. The van der Waals surface area contributed by atoms with Crippen LogP contribution in [0.15, 0.2) is 18.2 Å². The summed E-state index contributed by atoms with van der Waals surface area (Å²) in [5.74, 6) is -2.18. The van der Waals surface area contributed by atoms with E-state index in [9.17, 15) is 22.8 Å². The molecule has 1 aromatic carbocycles. The minimum absolute atomic E-state index is 0.135. The molecule has 8 heteroatoms. The van der Waals surface area contributed by atoms with Crippen LogP contribution in [0.25, 0.3) is 0 Å². The van der Waals surface area contributed by atoms with Gasteiger partial charge >= 0.3 is 6.36 Å². The van der Waals surface area contributed by atoms with Crippen LogP contribution in [0.2, 0.25) is 0 Å². The second-order valence-electron chi connectivity index (χ2n) is 4.35. The summed E-state index contributed by atoms with van der Waals surface area (Å²) in [6.45, 7) is 0. The fourth-order valence-electron chi connectivity index (χ4n) is 1.99. The van der Waals surface area contributed by atoms with Gasteiger partial charge in [-0.3, -0.25) is 14.9 Å². The van der Waals surface area contributed by atoms with Crippen molar-refractivity contribution in [3.8, 4) is 5.75 Å². The molecule has 1 fully saturated rings. The third kappa shape index (κ3) is 3.19. The van der Waals surface area contributed by atoms with Gasteiger partial charge in [0.25, 0.3) is 0 Å². The van der Waals surface area contributed by atoms with Gasteiger partial charge in [0.1, 0.15) is 0 Å². The number of halogens is 3. The standard InChI is InChI=1S/C12H11F3N2O3/c13-12(14,15)20-9-5-6(1-3-8(9)16)7-2-4-10(18)17-11(7)19/h1,3,5,7H,2,4,16H2,(H,17,18,19). The molecule has 1 aromatic rings. The Morgan fingerprint density at radius 1 is 1.30 bits per heavy atom. The van der Waals surface area contributed by atoms with Crippen molar-refractivity contribution in [2.45, 2.75) is 25.1 Å². The highest BCUT2D eigenvalue weighted by Crippen LogP contribution is 2.33. The molecule has 0 radical (unpaired) electrons. The van der Waals surface area contributed by atoms with Crippen molar-refractivity contribution in [2.75, 3.05) is 5.73 Å². The number of alkyl halides is 3. The van der Waals surface area contributed by atoms with E-state index in [4.69, 9.17) is 5.73 Å². The van der Waals surface area contributed by atoms with Crippen LogP contribution in [0, 0.1) is 0 Å². The minimum atomic E-state index is -4.86. The molecule has 1 unspecified atom stereocenters. The Bertz CT molecular complexity index is 557. The van der Waals surface area contributed by atoms with E-state index in [-0.39, 0.29) is 18.5 Å². The Morgan fingerprint density at radius 2 is 2.00 bits per heavy atom. The SMILES string of the molecule is Nc1ccc(C2CCC(=O)NC2=O)cc1OC(F)(F)F. The lowest BCUT2D eigenvalue weighted by Gasteiger charge is -2.22. The first-order valence-corrected chi connectivity index (χ1v) is 5.75. The van der Waals surface area contributed by atoms with Crippen molar-refractivity contribution in [1.82, 2.24) is 5.32 Å². The second kappa shape index (κ2) is 5.03. The maximum Gasteiger partial charge on any atom is 0.573 e. The van der Waals surface area contributed by atoms with Gasteiger partial charge in [0.15, 0.2) is 5.75 Å². The smallest absolute Gasteiger partial charge is 0.404 e. The van der Waals surface area contributed by atoms with Crippen LogP contribution >= 0.6 is 0 Å². The number of ether oxygens (including phenoxy) is 1. The Kier molecular flexibility index (Phi) is 3.56. The van der Waals surface area contributed by atoms with E-state index < -0.39 is 29.8 Å². The average Bonchev–Trinajstić information content (AvgIpc) is 2.30. The first-order chi connectivity index (χ1) is 9.26. The van der Waals surface area contributed by atoms with Crippen LogP contribution in [-0.2, 0) is 9.59 Å². The topological polar surface area (TPSA) is 81.4 Å². The van der Waals surface area contributed by atoms with E-state index in [0.29, 0.717) is 5.56 Å². The highest BCUT2D eigenvalue weighted by Gasteiger charge is 2.33. The summed E-state index contributed by atoms with van der Waals surface area (Å²) in [5.41, 5.74) is 5.54. The number of nitrogens with two attached hydrogens (primary N) is 1. The molecule has 0 saturated carbocycles. The van der Waals surface area contributed by atoms with Crippen molar-refractivity contribution >= 4 is 17.5 Å². The highest BCUT2D eigenvalue weighted by molar-refractivity contribution is 6.01. The van der Waals surface area contributed by atoms with Crippen LogP contribution in [0.4, 0.5) is 18.9 Å². The summed E-state index contributed by atoms with van der Waals surface area (Å²) in [6.07, 6.45) is -4.49. The number of carbonyl (C=O) groups excluding carboxylic acids is 2. The predicted molar refractivity (Wildman–Crippen MR) is 62.7 cm³/mol. The van der Waals surface area contributed by atoms with Crippen LogP contribution in [0.3, 0.4) is 0 Å². The monoisotopic (exact) mass is 288 g/mol. The molecule has 3 N–H and O–H groups in total. The summed E-state index contributed by atoms with van der Waals surface area (Å²) in [4.78, 5) is 22.7. The highest BCUT2D eigenvalue weighted by atomic mass is 19.4. The van der Waals surface area contributed by atoms with Crippen LogP contribution in [0.1, 0.15) is 24.3 Å². The van der Waals surface area contributed by atoms with Crippen LogP contribution in [-0.4, -0.2) is 18.2 Å². The number of piperidine rings is 1. The van der Waals surface area contributed by atoms with Gasteiger partial charge in [-0.2, -0.15) is 0 Å². The number of anilines is 1. The average molecular weight is 288 g/mol. The summed E-state index contributed by atoms with van der Waals surface area (Å²) in [7, 11) is 0. The third-order valence-corrected chi connectivity index (χ3v) is 2.90. The van der Waals surface area contributed by atoms with Crippen molar-refractivity contribution in [2.24, 2.45) is 0 Å². The molecular weight excluding hydrogens is 277 g/mol. The lowest BCUT2D eigenvalue weighted by molar-refractivity contribution is -0.274. The van der Waals surface area contributed by atoms with E-state index in [1.165, 1.54) is 12.1 Å². The number of nitrogen functional groups attached to an aromatic ring is 1. The fourth-order valence-corrected chi connectivity index (χ4v) is 1.99. The molecular formula is C12H11F3N2O3. The maximum absolute atomic E-state index is 12.2. The van der Waals surface area contributed by atoms with Crippen molar-refractivity contribution in [3.05, 3.63) is 23.8 Å². The third-order valence-electron chi connectivity index (χ3n) is 2.90. The van der Waals surface area contributed by atoms with Crippen LogP contribution in [0.5, 0.6) is 5.75 Å². The number of imide groups is 1. The van der Waals surface area contributed by atoms with E-state index in [1.54, 1.807) is 0 Å². The number of hydrogen-bond acceptors (Lipinski definition) is 4. The quantitative estimate of drug-likeness (QED) is 0.641. The summed E-state index contributed by atoms with van der Waals surface area (Å²) < 4.78 is 40.5. The summed E-state index contributed by atoms with van der Waals surface area (Å²) in [5, 5.41) is 2.14. The number of carbonyl (C=O) groups is 2. The van der Waals surface area contributed by atoms with E-state index in [1.807, 2.05) is 0 Å². The number of benzene rings is 1. The maximum atomic E-state index is 12.2. The van der Waals surface area contributed by atoms with Gasteiger partial charge < -0.3 is 10.5 Å². The van der Waals surface area contributed by atoms with E-state index in [0.717, 1.165) is 6.07 Å². The minimum Gasteiger partial charge on any atom is -0.404 e. The van der Waals surface area contributed by atoms with Crippen LogP contribution < -0.4 is 15.8 Å². The molecule has 1 aliphatic rings.